The van der Waals surface area contributed by atoms with Gasteiger partial charge in [-0.05, 0) is 18.6 Å². The summed E-state index contributed by atoms with van der Waals surface area (Å²) in [5, 5.41) is 6.07. The third kappa shape index (κ3) is 3.61. The molecule has 0 radical (unpaired) electrons. The number of hydrogen-bond acceptors (Lipinski definition) is 1. The van der Waals surface area contributed by atoms with E-state index in [1.807, 2.05) is 6.92 Å². The summed E-state index contributed by atoms with van der Waals surface area (Å²) >= 11 is 11.7. The van der Waals surface area contributed by atoms with Crippen molar-refractivity contribution in [3.8, 4) is 0 Å². The number of hydrogen-bond donors (Lipinski definition) is 2. The lowest BCUT2D eigenvalue weighted by Crippen LogP contribution is -2.29. The van der Waals surface area contributed by atoms with Gasteiger partial charge < -0.3 is 10.6 Å². The van der Waals surface area contributed by atoms with E-state index in [1.54, 1.807) is 18.2 Å². The predicted octanol–water partition coefficient (Wildman–Crippen LogP) is 3.52. The Labute approximate surface area is 98.8 Å². The summed E-state index contributed by atoms with van der Waals surface area (Å²) in [6, 6.07) is 4.81. The quantitative estimate of drug-likeness (QED) is 0.842. The van der Waals surface area contributed by atoms with Crippen LogP contribution in [-0.4, -0.2) is 12.6 Å². The van der Waals surface area contributed by atoms with Gasteiger partial charge in [-0.1, -0.05) is 36.2 Å². The van der Waals surface area contributed by atoms with Crippen LogP contribution in [0.3, 0.4) is 0 Å². The van der Waals surface area contributed by atoms with Crippen molar-refractivity contribution in [1.82, 2.24) is 5.32 Å². The van der Waals surface area contributed by atoms with Crippen LogP contribution in [0.5, 0.6) is 0 Å². The van der Waals surface area contributed by atoms with Crippen molar-refractivity contribution >= 4 is 34.9 Å². The number of halogens is 2. The number of amides is 2. The third-order valence-corrected chi connectivity index (χ3v) is 2.55. The van der Waals surface area contributed by atoms with E-state index >= 15 is 0 Å². The lowest BCUT2D eigenvalue weighted by Gasteiger charge is -2.08. The van der Waals surface area contributed by atoms with Gasteiger partial charge in [-0.3, -0.25) is 0 Å². The van der Waals surface area contributed by atoms with Crippen molar-refractivity contribution < 1.29 is 4.79 Å². The van der Waals surface area contributed by atoms with Gasteiger partial charge in [0.25, 0.3) is 0 Å². The van der Waals surface area contributed by atoms with E-state index in [-0.39, 0.29) is 6.03 Å². The van der Waals surface area contributed by atoms with Crippen molar-refractivity contribution in [1.29, 1.82) is 0 Å². The minimum Gasteiger partial charge on any atom is -0.338 e. The Hall–Kier alpha value is -0.930. The van der Waals surface area contributed by atoms with Gasteiger partial charge in [-0.15, -0.1) is 0 Å². The topological polar surface area (TPSA) is 41.1 Å². The maximum absolute atomic E-state index is 11.3. The molecule has 82 valence electrons. The zero-order valence-corrected chi connectivity index (χ0v) is 9.82. The van der Waals surface area contributed by atoms with Crippen LogP contribution in [-0.2, 0) is 0 Å². The number of carbonyl (C=O) groups is 1. The maximum Gasteiger partial charge on any atom is 0.319 e. The van der Waals surface area contributed by atoms with Gasteiger partial charge in [0, 0.05) is 6.54 Å². The summed E-state index contributed by atoms with van der Waals surface area (Å²) in [4.78, 5) is 11.3. The van der Waals surface area contributed by atoms with Crippen molar-refractivity contribution in [2.45, 2.75) is 13.3 Å². The van der Waals surface area contributed by atoms with Crippen LogP contribution in [0.15, 0.2) is 18.2 Å². The van der Waals surface area contributed by atoms with Crippen molar-refractivity contribution in [2.24, 2.45) is 0 Å². The summed E-state index contributed by atoms with van der Waals surface area (Å²) in [7, 11) is 0. The zero-order chi connectivity index (χ0) is 11.3. The van der Waals surface area contributed by atoms with Gasteiger partial charge in [-0.2, -0.15) is 0 Å². The maximum atomic E-state index is 11.3. The Balaban J connectivity index is 2.64. The molecule has 2 N–H and O–H groups in total. The van der Waals surface area contributed by atoms with E-state index in [2.05, 4.69) is 10.6 Å². The number of urea groups is 1. The van der Waals surface area contributed by atoms with Crippen molar-refractivity contribution in [2.75, 3.05) is 11.9 Å². The standard InChI is InChI=1S/C10H12Cl2N2O/c1-2-6-13-10(15)14-8-5-3-4-7(11)9(8)12/h3-5H,2,6H2,1H3,(H2,13,14,15). The summed E-state index contributed by atoms with van der Waals surface area (Å²) in [5.41, 5.74) is 0.512. The highest BCUT2D eigenvalue weighted by molar-refractivity contribution is 6.43. The largest absolute Gasteiger partial charge is 0.338 e. The first-order chi connectivity index (χ1) is 7.15. The predicted molar refractivity (Wildman–Crippen MR) is 63.8 cm³/mol. The van der Waals surface area contributed by atoms with Gasteiger partial charge in [0.1, 0.15) is 0 Å². The Kier molecular flexibility index (Phi) is 4.72. The minimum atomic E-state index is -0.277. The van der Waals surface area contributed by atoms with E-state index in [0.717, 1.165) is 6.42 Å². The molecule has 0 aliphatic heterocycles. The lowest BCUT2D eigenvalue weighted by atomic mass is 10.3. The van der Waals surface area contributed by atoms with Gasteiger partial charge in [-0.25, -0.2) is 4.79 Å². The normalized spacial score (nSPS) is 9.80. The molecule has 0 bridgehead atoms. The Morgan fingerprint density at radius 2 is 2.13 bits per heavy atom. The molecule has 0 heterocycles. The summed E-state index contributed by atoms with van der Waals surface area (Å²) < 4.78 is 0. The summed E-state index contributed by atoms with van der Waals surface area (Å²) in [6.45, 7) is 2.61. The highest BCUT2D eigenvalue weighted by Gasteiger charge is 2.06. The summed E-state index contributed by atoms with van der Waals surface area (Å²) in [5.74, 6) is 0. The number of benzene rings is 1. The number of rotatable bonds is 3. The molecule has 0 aromatic heterocycles. The van der Waals surface area contributed by atoms with Crippen LogP contribution in [0.4, 0.5) is 10.5 Å². The molecule has 15 heavy (non-hydrogen) atoms. The molecule has 0 saturated heterocycles. The monoisotopic (exact) mass is 246 g/mol. The van der Waals surface area contributed by atoms with Gasteiger partial charge >= 0.3 is 6.03 Å². The molecule has 1 rings (SSSR count). The lowest BCUT2D eigenvalue weighted by molar-refractivity contribution is 0.252. The van der Waals surface area contributed by atoms with Gasteiger partial charge in [0.15, 0.2) is 0 Å². The Morgan fingerprint density at radius 3 is 2.80 bits per heavy atom. The van der Waals surface area contributed by atoms with Crippen LogP contribution < -0.4 is 10.6 Å². The second-order valence-electron chi connectivity index (χ2n) is 2.98. The number of nitrogens with one attached hydrogen (secondary N) is 2. The Morgan fingerprint density at radius 1 is 1.40 bits per heavy atom. The van der Waals surface area contributed by atoms with Crippen molar-refractivity contribution in [3.63, 3.8) is 0 Å². The second-order valence-corrected chi connectivity index (χ2v) is 3.77. The van der Waals surface area contributed by atoms with Gasteiger partial charge in [0.05, 0.1) is 15.7 Å². The SMILES string of the molecule is CCCNC(=O)Nc1cccc(Cl)c1Cl. The molecule has 1 aromatic rings. The Bertz CT molecular complexity index is 355. The van der Waals surface area contributed by atoms with E-state index < -0.39 is 0 Å². The molecular weight excluding hydrogens is 235 g/mol. The van der Waals surface area contributed by atoms with Crippen LogP contribution in [0, 0.1) is 0 Å². The summed E-state index contributed by atoms with van der Waals surface area (Å²) in [6.07, 6.45) is 0.886. The van der Waals surface area contributed by atoms with E-state index in [1.165, 1.54) is 0 Å². The highest BCUT2D eigenvalue weighted by Crippen LogP contribution is 2.29. The fourth-order valence-corrected chi connectivity index (χ4v) is 1.35. The fourth-order valence-electron chi connectivity index (χ4n) is 1.01. The molecular formula is C10H12Cl2N2O. The second kappa shape index (κ2) is 5.83. The number of anilines is 1. The van der Waals surface area contributed by atoms with E-state index in [9.17, 15) is 4.79 Å². The molecule has 0 unspecified atom stereocenters. The molecule has 0 fully saturated rings. The smallest absolute Gasteiger partial charge is 0.319 e. The molecule has 1 aromatic carbocycles. The molecule has 5 heteroatoms. The third-order valence-electron chi connectivity index (χ3n) is 1.74. The molecule has 0 atom stereocenters. The van der Waals surface area contributed by atoms with Crippen LogP contribution >= 0.6 is 23.2 Å². The first-order valence-corrected chi connectivity index (χ1v) is 5.39. The minimum absolute atomic E-state index is 0.277. The van der Waals surface area contributed by atoms with E-state index in [0.29, 0.717) is 22.3 Å². The first-order valence-electron chi connectivity index (χ1n) is 4.64. The molecule has 0 spiro atoms. The average molecular weight is 247 g/mol. The number of carbonyl (C=O) groups excluding carboxylic acids is 1. The molecule has 3 nitrogen and oxygen atoms in total. The molecule has 0 aliphatic carbocycles. The van der Waals surface area contributed by atoms with Crippen LogP contribution in [0.2, 0.25) is 10.0 Å². The van der Waals surface area contributed by atoms with Crippen LogP contribution in [0.25, 0.3) is 0 Å². The van der Waals surface area contributed by atoms with Gasteiger partial charge in [0.2, 0.25) is 0 Å². The highest BCUT2D eigenvalue weighted by atomic mass is 35.5. The average Bonchev–Trinajstić information content (AvgIpc) is 2.22. The van der Waals surface area contributed by atoms with Crippen LogP contribution in [0.1, 0.15) is 13.3 Å². The van der Waals surface area contributed by atoms with E-state index in [4.69, 9.17) is 23.2 Å². The fraction of sp³-hybridized carbons (Fsp3) is 0.300. The molecule has 0 saturated carbocycles. The zero-order valence-electron chi connectivity index (χ0n) is 8.31. The molecule has 2 amide bonds. The first kappa shape index (κ1) is 12.1. The molecule has 0 aliphatic rings. The van der Waals surface area contributed by atoms with Crippen molar-refractivity contribution in [3.05, 3.63) is 28.2 Å².